The average molecular weight is 302 g/mol. The smallest absolute Gasteiger partial charge is 0.251 e. The molecule has 2 aliphatic heterocycles. The molecule has 2 N–H and O–H groups in total. The summed E-state index contributed by atoms with van der Waals surface area (Å²) in [6.45, 7) is 10.5. The number of hydrogen-bond acceptors (Lipinski definition) is 4. The van der Waals surface area contributed by atoms with Gasteiger partial charge in [-0.1, -0.05) is 6.92 Å². The molecule has 3 rings (SSSR count). The molecule has 1 aromatic rings. The predicted octanol–water partition coefficient (Wildman–Crippen LogP) is 0.778. The third-order valence-electron chi connectivity index (χ3n) is 4.73. The van der Waals surface area contributed by atoms with E-state index in [1.165, 1.54) is 5.69 Å². The molecule has 0 atom stereocenters. The van der Waals surface area contributed by atoms with E-state index in [9.17, 15) is 4.79 Å². The molecule has 0 radical (unpaired) electrons. The Balaban J connectivity index is 1.52. The number of nitrogens with one attached hydrogen (secondary N) is 2. The van der Waals surface area contributed by atoms with Gasteiger partial charge in [0.1, 0.15) is 0 Å². The predicted molar refractivity (Wildman–Crippen MR) is 89.5 cm³/mol. The quantitative estimate of drug-likeness (QED) is 0.844. The van der Waals surface area contributed by atoms with Crippen LogP contribution >= 0.6 is 0 Å². The molecule has 5 heteroatoms. The molecule has 22 heavy (non-hydrogen) atoms. The largest absolute Gasteiger partial charge is 0.369 e. The van der Waals surface area contributed by atoms with Gasteiger partial charge in [0.25, 0.3) is 5.91 Å². The van der Waals surface area contributed by atoms with E-state index in [2.05, 4.69) is 39.5 Å². The fraction of sp³-hybridized carbons (Fsp3) is 0.588. The number of amides is 1. The van der Waals surface area contributed by atoms with E-state index < -0.39 is 0 Å². The second-order valence-electron chi connectivity index (χ2n) is 6.20. The summed E-state index contributed by atoms with van der Waals surface area (Å²) in [7, 11) is 0. The molecule has 2 aliphatic rings. The van der Waals surface area contributed by atoms with E-state index in [1.54, 1.807) is 0 Å². The molecule has 1 amide bonds. The number of rotatable bonds is 5. The van der Waals surface area contributed by atoms with Crippen molar-refractivity contribution < 1.29 is 4.79 Å². The van der Waals surface area contributed by atoms with Gasteiger partial charge in [0, 0.05) is 63.0 Å². The van der Waals surface area contributed by atoms with E-state index in [4.69, 9.17) is 0 Å². The molecule has 2 saturated heterocycles. The molecule has 0 saturated carbocycles. The number of carbonyl (C=O) groups excluding carboxylic acids is 1. The maximum absolute atomic E-state index is 12.1. The lowest BCUT2D eigenvalue weighted by Gasteiger charge is -2.35. The number of piperazine rings is 1. The van der Waals surface area contributed by atoms with E-state index in [1.807, 2.05) is 12.1 Å². The highest BCUT2D eigenvalue weighted by atomic mass is 16.1. The summed E-state index contributed by atoms with van der Waals surface area (Å²) in [5.41, 5.74) is 1.97. The molecule has 1 aromatic carbocycles. The van der Waals surface area contributed by atoms with Gasteiger partial charge in [0.05, 0.1) is 0 Å². The van der Waals surface area contributed by atoms with Crippen molar-refractivity contribution in [1.29, 1.82) is 0 Å². The molecule has 2 heterocycles. The number of nitrogens with zero attached hydrogens (tertiary/aromatic N) is 2. The first-order valence-corrected chi connectivity index (χ1v) is 8.32. The number of hydrogen-bond donors (Lipinski definition) is 2. The summed E-state index contributed by atoms with van der Waals surface area (Å²) in [6.07, 6.45) is 0. The van der Waals surface area contributed by atoms with Crippen molar-refractivity contribution in [2.75, 3.05) is 57.3 Å². The molecule has 0 spiro atoms. The zero-order valence-corrected chi connectivity index (χ0v) is 13.3. The van der Waals surface area contributed by atoms with E-state index in [0.717, 1.165) is 57.9 Å². The van der Waals surface area contributed by atoms with Gasteiger partial charge < -0.3 is 20.4 Å². The van der Waals surface area contributed by atoms with Crippen molar-refractivity contribution in [1.82, 2.24) is 15.5 Å². The molecule has 120 valence electrons. The van der Waals surface area contributed by atoms with Crippen LogP contribution in [0.4, 0.5) is 5.69 Å². The summed E-state index contributed by atoms with van der Waals surface area (Å²) < 4.78 is 0. The van der Waals surface area contributed by atoms with Crippen LogP contribution in [0.25, 0.3) is 0 Å². The van der Waals surface area contributed by atoms with Gasteiger partial charge in [-0.05, 0) is 30.8 Å². The molecular formula is C17H26N4O. The average Bonchev–Trinajstić information content (AvgIpc) is 2.53. The number of anilines is 1. The molecule has 0 aromatic heterocycles. The van der Waals surface area contributed by atoms with Crippen molar-refractivity contribution in [3.05, 3.63) is 29.8 Å². The standard InChI is InChI=1S/C17H26N4O/c1-2-20-7-9-21(10-8-20)16-5-3-15(4-6-16)17(22)19-13-14-11-18-12-14/h3-6,14,18H,2,7-13H2,1H3,(H,19,22). The Morgan fingerprint density at radius 3 is 2.41 bits per heavy atom. The fourth-order valence-electron chi connectivity index (χ4n) is 2.98. The molecule has 5 nitrogen and oxygen atoms in total. The Labute approximate surface area is 132 Å². The van der Waals surface area contributed by atoms with Crippen LogP contribution in [-0.2, 0) is 0 Å². The third-order valence-corrected chi connectivity index (χ3v) is 4.73. The molecule has 0 aliphatic carbocycles. The van der Waals surface area contributed by atoms with Crippen molar-refractivity contribution in [3.63, 3.8) is 0 Å². The van der Waals surface area contributed by atoms with E-state index in [-0.39, 0.29) is 5.91 Å². The lowest BCUT2D eigenvalue weighted by molar-refractivity contribution is 0.0942. The number of benzene rings is 1. The van der Waals surface area contributed by atoms with Gasteiger partial charge in [0.2, 0.25) is 0 Å². The van der Waals surface area contributed by atoms with Crippen LogP contribution in [0, 0.1) is 5.92 Å². The van der Waals surface area contributed by atoms with Crippen molar-refractivity contribution in [2.24, 2.45) is 5.92 Å². The van der Waals surface area contributed by atoms with Crippen molar-refractivity contribution in [3.8, 4) is 0 Å². The van der Waals surface area contributed by atoms with E-state index in [0.29, 0.717) is 5.92 Å². The lowest BCUT2D eigenvalue weighted by Crippen LogP contribution is -2.48. The highest BCUT2D eigenvalue weighted by molar-refractivity contribution is 5.94. The molecular weight excluding hydrogens is 276 g/mol. The number of carbonyl (C=O) groups is 1. The van der Waals surface area contributed by atoms with Gasteiger partial charge in [-0.2, -0.15) is 0 Å². The zero-order valence-electron chi connectivity index (χ0n) is 13.3. The van der Waals surface area contributed by atoms with Gasteiger partial charge in [-0.15, -0.1) is 0 Å². The van der Waals surface area contributed by atoms with Crippen molar-refractivity contribution >= 4 is 11.6 Å². The minimum absolute atomic E-state index is 0.0363. The van der Waals surface area contributed by atoms with Crippen LogP contribution in [0.1, 0.15) is 17.3 Å². The second-order valence-corrected chi connectivity index (χ2v) is 6.20. The summed E-state index contributed by atoms with van der Waals surface area (Å²) in [4.78, 5) is 17.0. The minimum Gasteiger partial charge on any atom is -0.369 e. The van der Waals surface area contributed by atoms with Crippen molar-refractivity contribution in [2.45, 2.75) is 6.92 Å². The Morgan fingerprint density at radius 1 is 1.18 bits per heavy atom. The summed E-state index contributed by atoms with van der Waals surface area (Å²) in [5.74, 6) is 0.632. The maximum atomic E-state index is 12.1. The summed E-state index contributed by atoms with van der Waals surface area (Å²) in [6, 6.07) is 8.02. The first-order valence-electron chi connectivity index (χ1n) is 8.32. The van der Waals surface area contributed by atoms with Gasteiger partial charge in [-0.3, -0.25) is 4.79 Å². The Bertz CT molecular complexity index is 490. The Kier molecular flexibility index (Phi) is 4.95. The SMILES string of the molecule is CCN1CCN(c2ccc(C(=O)NCC3CNC3)cc2)CC1. The molecule has 0 bridgehead atoms. The Hall–Kier alpha value is -1.59. The molecule has 0 unspecified atom stereocenters. The fourth-order valence-corrected chi connectivity index (χ4v) is 2.98. The lowest BCUT2D eigenvalue weighted by atomic mass is 10.0. The van der Waals surface area contributed by atoms with Crippen LogP contribution in [0.3, 0.4) is 0 Å². The van der Waals surface area contributed by atoms with Crippen LogP contribution in [0.2, 0.25) is 0 Å². The van der Waals surface area contributed by atoms with Gasteiger partial charge >= 0.3 is 0 Å². The summed E-state index contributed by atoms with van der Waals surface area (Å²) >= 11 is 0. The topological polar surface area (TPSA) is 47.6 Å². The highest BCUT2D eigenvalue weighted by Gasteiger charge is 2.18. The van der Waals surface area contributed by atoms with Gasteiger partial charge in [0.15, 0.2) is 0 Å². The highest BCUT2D eigenvalue weighted by Crippen LogP contribution is 2.17. The normalized spacial score (nSPS) is 19.8. The molecule has 2 fully saturated rings. The second kappa shape index (κ2) is 7.11. The minimum atomic E-state index is 0.0363. The van der Waals surface area contributed by atoms with Crippen LogP contribution in [-0.4, -0.2) is 63.2 Å². The first kappa shape index (κ1) is 15.3. The van der Waals surface area contributed by atoms with Crippen LogP contribution in [0.15, 0.2) is 24.3 Å². The monoisotopic (exact) mass is 302 g/mol. The third kappa shape index (κ3) is 3.59. The summed E-state index contributed by atoms with van der Waals surface area (Å²) in [5, 5.41) is 6.23. The first-order chi connectivity index (χ1) is 10.8. The van der Waals surface area contributed by atoms with Gasteiger partial charge in [-0.25, -0.2) is 0 Å². The maximum Gasteiger partial charge on any atom is 0.251 e. The van der Waals surface area contributed by atoms with E-state index >= 15 is 0 Å². The van der Waals surface area contributed by atoms with Crippen LogP contribution in [0.5, 0.6) is 0 Å². The zero-order chi connectivity index (χ0) is 15.4. The van der Waals surface area contributed by atoms with Crippen LogP contribution < -0.4 is 15.5 Å². The Morgan fingerprint density at radius 2 is 1.86 bits per heavy atom. The number of likely N-dealkylation sites (N-methyl/N-ethyl adjacent to an activating group) is 1.